The Labute approximate surface area is 106 Å². The number of hydrogen-bond donors (Lipinski definition) is 1. The summed E-state index contributed by atoms with van der Waals surface area (Å²) in [6.45, 7) is 8.28. The third-order valence-corrected chi connectivity index (χ3v) is 3.30. The maximum absolute atomic E-state index is 6.09. The molecule has 0 spiro atoms. The molecule has 90 valence electrons. The highest BCUT2D eigenvalue weighted by molar-refractivity contribution is 9.10. The Hall–Kier alpha value is -0.540. The summed E-state index contributed by atoms with van der Waals surface area (Å²) < 4.78 is 6.45. The lowest BCUT2D eigenvalue weighted by Crippen LogP contribution is -2.35. The molecule has 1 aromatic carbocycles. The molecule has 2 nitrogen and oxygen atoms in total. The van der Waals surface area contributed by atoms with Gasteiger partial charge in [0.15, 0.2) is 0 Å². The first-order chi connectivity index (χ1) is 7.26. The van der Waals surface area contributed by atoms with Gasteiger partial charge in [0.2, 0.25) is 0 Å². The summed E-state index contributed by atoms with van der Waals surface area (Å²) in [5, 5.41) is 0. The highest BCUT2D eigenvalue weighted by Gasteiger charge is 2.19. The van der Waals surface area contributed by atoms with Crippen molar-refractivity contribution < 1.29 is 4.74 Å². The van der Waals surface area contributed by atoms with Crippen LogP contribution < -0.4 is 10.5 Å². The van der Waals surface area contributed by atoms with Gasteiger partial charge in [-0.25, -0.2) is 0 Å². The van der Waals surface area contributed by atoms with E-state index in [0.29, 0.717) is 0 Å². The molecule has 0 atom stereocenters. The molecule has 2 N–H and O–H groups in total. The Morgan fingerprint density at radius 2 is 1.94 bits per heavy atom. The van der Waals surface area contributed by atoms with Crippen molar-refractivity contribution in [2.24, 2.45) is 5.73 Å². The average Bonchev–Trinajstić information content (AvgIpc) is 2.12. The summed E-state index contributed by atoms with van der Waals surface area (Å²) in [6, 6.07) is 2.08. The third kappa shape index (κ3) is 2.98. The van der Waals surface area contributed by atoms with E-state index in [-0.39, 0.29) is 5.54 Å². The van der Waals surface area contributed by atoms with Crippen LogP contribution in [0.2, 0.25) is 0 Å². The van der Waals surface area contributed by atoms with Gasteiger partial charge in [0.05, 0.1) is 11.6 Å². The van der Waals surface area contributed by atoms with E-state index in [4.69, 9.17) is 10.5 Å². The van der Waals surface area contributed by atoms with E-state index in [1.165, 1.54) is 16.7 Å². The first-order valence-electron chi connectivity index (χ1n) is 5.37. The number of aryl methyl sites for hydroxylation is 1. The van der Waals surface area contributed by atoms with E-state index in [9.17, 15) is 0 Å². The number of methoxy groups -OCH3 is 1. The smallest absolute Gasteiger partial charge is 0.136 e. The molecule has 16 heavy (non-hydrogen) atoms. The van der Waals surface area contributed by atoms with Gasteiger partial charge in [-0.05, 0) is 67.2 Å². The summed E-state index contributed by atoms with van der Waals surface area (Å²) in [6.07, 6.45) is 0.808. The largest absolute Gasteiger partial charge is 0.495 e. The number of hydrogen-bond acceptors (Lipinski definition) is 2. The van der Waals surface area contributed by atoms with Crippen molar-refractivity contribution >= 4 is 15.9 Å². The van der Waals surface area contributed by atoms with Crippen LogP contribution in [0.1, 0.15) is 30.5 Å². The predicted molar refractivity (Wildman–Crippen MR) is 72.1 cm³/mol. The second-order valence-corrected chi connectivity index (χ2v) is 5.83. The van der Waals surface area contributed by atoms with Crippen molar-refractivity contribution in [1.82, 2.24) is 0 Å². The Morgan fingerprint density at radius 3 is 2.38 bits per heavy atom. The standard InChI is InChI=1S/C13H20BrNO/c1-8-6-11(14)12(16-5)10(9(8)2)7-13(3,4)15/h6H,7,15H2,1-5H3. The van der Waals surface area contributed by atoms with Crippen LogP contribution in [-0.4, -0.2) is 12.6 Å². The van der Waals surface area contributed by atoms with Crippen molar-refractivity contribution in [3.63, 3.8) is 0 Å². The lowest BCUT2D eigenvalue weighted by atomic mass is 9.91. The van der Waals surface area contributed by atoms with Gasteiger partial charge in [-0.3, -0.25) is 0 Å². The van der Waals surface area contributed by atoms with Crippen LogP contribution in [0, 0.1) is 13.8 Å². The first kappa shape index (κ1) is 13.5. The number of nitrogens with two attached hydrogens (primary N) is 1. The molecule has 0 heterocycles. The van der Waals surface area contributed by atoms with Gasteiger partial charge in [-0.15, -0.1) is 0 Å². The van der Waals surface area contributed by atoms with Crippen LogP contribution in [0.15, 0.2) is 10.5 Å². The monoisotopic (exact) mass is 285 g/mol. The molecule has 0 aliphatic rings. The summed E-state index contributed by atoms with van der Waals surface area (Å²) in [4.78, 5) is 0. The molecular formula is C13H20BrNO. The summed E-state index contributed by atoms with van der Waals surface area (Å²) in [5.74, 6) is 0.904. The Balaban J connectivity index is 3.33. The summed E-state index contributed by atoms with van der Waals surface area (Å²) >= 11 is 3.53. The number of benzene rings is 1. The molecule has 0 bridgehead atoms. The van der Waals surface area contributed by atoms with E-state index in [2.05, 4.69) is 35.8 Å². The zero-order valence-corrected chi connectivity index (χ0v) is 12.2. The maximum Gasteiger partial charge on any atom is 0.136 e. The summed E-state index contributed by atoms with van der Waals surface area (Å²) in [5.41, 5.74) is 9.57. The van der Waals surface area contributed by atoms with Crippen molar-refractivity contribution in [2.45, 2.75) is 39.7 Å². The van der Waals surface area contributed by atoms with Crippen LogP contribution in [0.4, 0.5) is 0 Å². The fraction of sp³-hybridized carbons (Fsp3) is 0.538. The van der Waals surface area contributed by atoms with E-state index >= 15 is 0 Å². The van der Waals surface area contributed by atoms with Crippen molar-refractivity contribution in [3.05, 3.63) is 27.2 Å². The zero-order valence-electron chi connectivity index (χ0n) is 10.6. The van der Waals surface area contributed by atoms with E-state index in [1.54, 1.807) is 7.11 Å². The van der Waals surface area contributed by atoms with E-state index < -0.39 is 0 Å². The minimum atomic E-state index is -0.231. The molecule has 0 fully saturated rings. The Morgan fingerprint density at radius 1 is 1.38 bits per heavy atom. The van der Waals surface area contributed by atoms with Gasteiger partial charge >= 0.3 is 0 Å². The maximum atomic E-state index is 6.09. The van der Waals surface area contributed by atoms with Gasteiger partial charge in [-0.1, -0.05) is 0 Å². The van der Waals surface area contributed by atoms with Crippen LogP contribution in [0.5, 0.6) is 5.75 Å². The zero-order chi connectivity index (χ0) is 12.5. The molecule has 3 heteroatoms. The molecule has 0 saturated heterocycles. The van der Waals surface area contributed by atoms with Gasteiger partial charge < -0.3 is 10.5 Å². The highest BCUT2D eigenvalue weighted by Crippen LogP contribution is 2.35. The number of halogens is 1. The lowest BCUT2D eigenvalue weighted by molar-refractivity contribution is 0.399. The van der Waals surface area contributed by atoms with Gasteiger partial charge in [0.25, 0.3) is 0 Å². The normalized spacial score (nSPS) is 11.7. The predicted octanol–water partition coefficient (Wildman–Crippen LogP) is 3.35. The van der Waals surface area contributed by atoms with E-state index in [1.807, 2.05) is 13.8 Å². The van der Waals surface area contributed by atoms with Crippen molar-refractivity contribution in [1.29, 1.82) is 0 Å². The fourth-order valence-corrected chi connectivity index (χ4v) is 2.55. The average molecular weight is 286 g/mol. The van der Waals surface area contributed by atoms with Crippen LogP contribution >= 0.6 is 15.9 Å². The molecule has 0 saturated carbocycles. The van der Waals surface area contributed by atoms with E-state index in [0.717, 1.165) is 16.6 Å². The first-order valence-corrected chi connectivity index (χ1v) is 6.17. The number of ether oxygens (including phenoxy) is 1. The minimum absolute atomic E-state index is 0.231. The Bertz CT molecular complexity index is 394. The molecule has 0 aliphatic heterocycles. The van der Waals surface area contributed by atoms with Crippen molar-refractivity contribution in [2.75, 3.05) is 7.11 Å². The fourth-order valence-electron chi connectivity index (χ4n) is 1.81. The summed E-state index contributed by atoms with van der Waals surface area (Å²) in [7, 11) is 1.70. The second kappa shape index (κ2) is 4.76. The lowest BCUT2D eigenvalue weighted by Gasteiger charge is -2.23. The topological polar surface area (TPSA) is 35.2 Å². The van der Waals surface area contributed by atoms with Gasteiger partial charge in [0, 0.05) is 11.1 Å². The molecule has 0 aliphatic carbocycles. The second-order valence-electron chi connectivity index (χ2n) is 4.98. The third-order valence-electron chi connectivity index (χ3n) is 2.71. The van der Waals surface area contributed by atoms with Gasteiger partial charge in [0.1, 0.15) is 5.75 Å². The minimum Gasteiger partial charge on any atom is -0.495 e. The molecule has 0 unspecified atom stereocenters. The SMILES string of the molecule is COc1c(Br)cc(C)c(C)c1CC(C)(C)N. The molecule has 0 aromatic heterocycles. The number of rotatable bonds is 3. The molecule has 1 rings (SSSR count). The highest BCUT2D eigenvalue weighted by atomic mass is 79.9. The van der Waals surface area contributed by atoms with Crippen LogP contribution in [-0.2, 0) is 6.42 Å². The molecule has 1 aromatic rings. The molecule has 0 amide bonds. The molecular weight excluding hydrogens is 266 g/mol. The molecule has 0 radical (unpaired) electrons. The Kier molecular flexibility index (Phi) is 4.02. The van der Waals surface area contributed by atoms with Crippen LogP contribution in [0.25, 0.3) is 0 Å². The van der Waals surface area contributed by atoms with Crippen molar-refractivity contribution in [3.8, 4) is 5.75 Å². The van der Waals surface area contributed by atoms with Gasteiger partial charge in [-0.2, -0.15) is 0 Å². The quantitative estimate of drug-likeness (QED) is 0.924. The van der Waals surface area contributed by atoms with Crippen LogP contribution in [0.3, 0.4) is 0 Å².